The standard InChI is InChI=1S/C24H20F3N5O3/c1-35-13-20-30-19-12-15(32(28)23(34)16-9-5-6-10-18(16)24(25,26)27)11-17(21(19)31-20)22(33)29-14-7-3-2-4-8-14/h2-12H,13,28H2,1H3,(H,29,33)(H,30,31). The molecule has 0 aliphatic heterocycles. The van der Waals surface area contributed by atoms with E-state index in [1.165, 1.54) is 31.4 Å². The summed E-state index contributed by atoms with van der Waals surface area (Å²) < 4.78 is 45.4. The van der Waals surface area contributed by atoms with Crippen molar-refractivity contribution in [2.45, 2.75) is 12.8 Å². The summed E-state index contributed by atoms with van der Waals surface area (Å²) in [5.74, 6) is 4.75. The minimum absolute atomic E-state index is 0.00898. The highest BCUT2D eigenvalue weighted by Gasteiger charge is 2.36. The van der Waals surface area contributed by atoms with Gasteiger partial charge in [-0.1, -0.05) is 30.3 Å². The van der Waals surface area contributed by atoms with Crippen LogP contribution >= 0.6 is 0 Å². The van der Waals surface area contributed by atoms with Crippen molar-refractivity contribution in [3.8, 4) is 0 Å². The molecule has 4 N–H and O–H groups in total. The van der Waals surface area contributed by atoms with E-state index in [4.69, 9.17) is 10.6 Å². The van der Waals surface area contributed by atoms with Crippen LogP contribution in [-0.4, -0.2) is 28.9 Å². The molecule has 8 nitrogen and oxygen atoms in total. The molecule has 180 valence electrons. The lowest BCUT2D eigenvalue weighted by atomic mass is 10.1. The number of anilines is 2. The zero-order valence-corrected chi connectivity index (χ0v) is 18.4. The van der Waals surface area contributed by atoms with Gasteiger partial charge >= 0.3 is 6.18 Å². The Kier molecular flexibility index (Phi) is 6.54. The number of alkyl halides is 3. The zero-order valence-electron chi connectivity index (χ0n) is 18.4. The largest absolute Gasteiger partial charge is 0.417 e. The van der Waals surface area contributed by atoms with Crippen molar-refractivity contribution in [3.63, 3.8) is 0 Å². The average Bonchev–Trinajstić information content (AvgIpc) is 3.25. The van der Waals surface area contributed by atoms with Gasteiger partial charge in [0, 0.05) is 12.8 Å². The monoisotopic (exact) mass is 483 g/mol. The molecule has 4 rings (SSSR count). The topological polar surface area (TPSA) is 113 Å². The number of fused-ring (bicyclic) bond motifs is 1. The van der Waals surface area contributed by atoms with E-state index in [-0.39, 0.29) is 23.4 Å². The quantitative estimate of drug-likeness (QED) is 0.212. The van der Waals surface area contributed by atoms with Crippen LogP contribution in [0, 0.1) is 0 Å². The number of halogens is 3. The number of H-pyrrole nitrogens is 1. The minimum atomic E-state index is -4.75. The van der Waals surface area contributed by atoms with Gasteiger partial charge in [-0.05, 0) is 36.4 Å². The number of rotatable bonds is 6. The fourth-order valence-electron chi connectivity index (χ4n) is 3.55. The summed E-state index contributed by atoms with van der Waals surface area (Å²) >= 11 is 0. The molecular weight excluding hydrogens is 463 g/mol. The van der Waals surface area contributed by atoms with Gasteiger partial charge in [0.15, 0.2) is 0 Å². The maximum absolute atomic E-state index is 13.4. The number of hydrogen-bond acceptors (Lipinski definition) is 5. The normalized spacial score (nSPS) is 11.5. The lowest BCUT2D eigenvalue weighted by Gasteiger charge is -2.20. The van der Waals surface area contributed by atoms with Crippen LogP contribution in [0.2, 0.25) is 0 Å². The van der Waals surface area contributed by atoms with Crippen molar-refractivity contribution in [3.05, 3.63) is 89.2 Å². The number of para-hydroxylation sites is 1. The van der Waals surface area contributed by atoms with Crippen molar-refractivity contribution in [1.29, 1.82) is 0 Å². The Morgan fingerprint density at radius 3 is 2.43 bits per heavy atom. The molecule has 1 heterocycles. The average molecular weight is 483 g/mol. The fraction of sp³-hybridized carbons (Fsp3) is 0.125. The summed E-state index contributed by atoms with van der Waals surface area (Å²) in [5, 5.41) is 3.30. The molecule has 0 fully saturated rings. The second kappa shape index (κ2) is 9.57. The molecule has 0 aliphatic rings. The molecule has 0 saturated heterocycles. The molecule has 0 bridgehead atoms. The Bertz CT molecular complexity index is 1390. The number of imidazole rings is 1. The van der Waals surface area contributed by atoms with Gasteiger partial charge in [-0.15, -0.1) is 0 Å². The summed E-state index contributed by atoms with van der Waals surface area (Å²) in [6.07, 6.45) is -4.75. The van der Waals surface area contributed by atoms with E-state index in [9.17, 15) is 22.8 Å². The summed E-state index contributed by atoms with van der Waals surface area (Å²) in [5.41, 5.74) is -0.540. The Hall–Kier alpha value is -4.22. The first-order chi connectivity index (χ1) is 16.7. The Morgan fingerprint density at radius 1 is 1.06 bits per heavy atom. The third-order valence-corrected chi connectivity index (χ3v) is 5.14. The summed E-state index contributed by atoms with van der Waals surface area (Å²) in [6.45, 7) is 0.119. The van der Waals surface area contributed by atoms with Crippen LogP contribution in [0.4, 0.5) is 24.5 Å². The molecular formula is C24H20F3N5O3. The maximum Gasteiger partial charge on any atom is 0.417 e. The van der Waals surface area contributed by atoms with Gasteiger partial charge in [0.05, 0.1) is 27.9 Å². The van der Waals surface area contributed by atoms with Crippen molar-refractivity contribution >= 4 is 34.2 Å². The van der Waals surface area contributed by atoms with E-state index in [0.717, 1.165) is 12.1 Å². The molecule has 0 aliphatic carbocycles. The van der Waals surface area contributed by atoms with Crippen LogP contribution in [0.5, 0.6) is 0 Å². The first kappa shape index (κ1) is 23.9. The van der Waals surface area contributed by atoms with Crippen LogP contribution in [0.1, 0.15) is 32.1 Å². The van der Waals surface area contributed by atoms with Crippen molar-refractivity contribution in [1.82, 2.24) is 9.97 Å². The number of hydrazine groups is 1. The predicted octanol–water partition coefficient (Wildman–Crippen LogP) is 4.50. The summed E-state index contributed by atoms with van der Waals surface area (Å²) in [7, 11) is 1.47. The summed E-state index contributed by atoms with van der Waals surface area (Å²) in [4.78, 5) is 33.4. The number of aromatic nitrogens is 2. The van der Waals surface area contributed by atoms with Gasteiger partial charge in [-0.25, -0.2) is 15.8 Å². The van der Waals surface area contributed by atoms with Crippen LogP contribution in [-0.2, 0) is 17.5 Å². The molecule has 11 heteroatoms. The number of nitrogens with two attached hydrogens (primary N) is 1. The smallest absolute Gasteiger partial charge is 0.377 e. The van der Waals surface area contributed by atoms with E-state index in [1.54, 1.807) is 30.3 Å². The number of ether oxygens (including phenoxy) is 1. The van der Waals surface area contributed by atoms with Crippen molar-refractivity contribution in [2.24, 2.45) is 5.84 Å². The van der Waals surface area contributed by atoms with Gasteiger partial charge in [-0.2, -0.15) is 13.2 Å². The lowest BCUT2D eigenvalue weighted by Crippen LogP contribution is -2.38. The molecule has 35 heavy (non-hydrogen) atoms. The van der Waals surface area contributed by atoms with Gasteiger partial charge in [0.25, 0.3) is 11.8 Å². The highest BCUT2D eigenvalue weighted by Crippen LogP contribution is 2.33. The van der Waals surface area contributed by atoms with Crippen LogP contribution in [0.25, 0.3) is 11.0 Å². The Labute approximate surface area is 197 Å². The Balaban J connectivity index is 1.78. The summed E-state index contributed by atoms with van der Waals surface area (Å²) in [6, 6.07) is 15.7. The van der Waals surface area contributed by atoms with Crippen molar-refractivity contribution in [2.75, 3.05) is 17.4 Å². The molecule has 0 unspecified atom stereocenters. The number of carbonyl (C=O) groups excluding carboxylic acids is 2. The number of nitrogens with zero attached hydrogens (tertiary/aromatic N) is 2. The third kappa shape index (κ3) is 5.00. The van der Waals surface area contributed by atoms with Crippen LogP contribution in [0.15, 0.2) is 66.7 Å². The van der Waals surface area contributed by atoms with Gasteiger partial charge < -0.3 is 15.0 Å². The van der Waals surface area contributed by atoms with E-state index in [0.29, 0.717) is 22.0 Å². The first-order valence-corrected chi connectivity index (χ1v) is 10.3. The van der Waals surface area contributed by atoms with Gasteiger partial charge in [-0.3, -0.25) is 9.59 Å². The number of benzene rings is 3. The molecule has 0 spiro atoms. The first-order valence-electron chi connectivity index (χ1n) is 10.3. The van der Waals surface area contributed by atoms with Crippen LogP contribution < -0.4 is 16.2 Å². The van der Waals surface area contributed by atoms with E-state index in [2.05, 4.69) is 15.3 Å². The van der Waals surface area contributed by atoms with E-state index in [1.807, 2.05) is 0 Å². The van der Waals surface area contributed by atoms with Gasteiger partial charge in [0.2, 0.25) is 0 Å². The number of methoxy groups -OCH3 is 1. The number of hydrogen-bond donors (Lipinski definition) is 3. The maximum atomic E-state index is 13.4. The zero-order chi connectivity index (χ0) is 25.2. The highest BCUT2D eigenvalue weighted by atomic mass is 19.4. The molecule has 0 atom stereocenters. The number of nitrogens with one attached hydrogen (secondary N) is 2. The minimum Gasteiger partial charge on any atom is -0.377 e. The van der Waals surface area contributed by atoms with E-state index < -0.39 is 29.1 Å². The molecule has 3 aromatic carbocycles. The number of aromatic amines is 1. The second-order valence-electron chi connectivity index (χ2n) is 7.54. The van der Waals surface area contributed by atoms with Crippen LogP contribution in [0.3, 0.4) is 0 Å². The second-order valence-corrected chi connectivity index (χ2v) is 7.54. The number of amides is 2. The lowest BCUT2D eigenvalue weighted by molar-refractivity contribution is -0.137. The fourth-order valence-corrected chi connectivity index (χ4v) is 3.55. The molecule has 2 amide bonds. The van der Waals surface area contributed by atoms with Gasteiger partial charge in [0.1, 0.15) is 17.9 Å². The highest BCUT2D eigenvalue weighted by molar-refractivity contribution is 6.14. The number of carbonyl (C=O) groups is 2. The van der Waals surface area contributed by atoms with Crippen molar-refractivity contribution < 1.29 is 27.5 Å². The third-order valence-electron chi connectivity index (χ3n) is 5.14. The SMILES string of the molecule is COCc1nc2c(C(=O)Nc3ccccc3)cc(N(N)C(=O)c3ccccc3C(F)(F)F)cc2[nH]1. The Morgan fingerprint density at radius 2 is 1.74 bits per heavy atom. The van der Waals surface area contributed by atoms with E-state index >= 15 is 0 Å². The molecule has 0 saturated carbocycles. The predicted molar refractivity (Wildman–Crippen MR) is 124 cm³/mol. The molecule has 0 radical (unpaired) electrons. The molecule has 1 aromatic heterocycles. The molecule has 4 aromatic rings.